The lowest BCUT2D eigenvalue weighted by Gasteiger charge is -2.59. The molecule has 2 aromatic rings. The van der Waals surface area contributed by atoms with Crippen molar-refractivity contribution in [3.63, 3.8) is 0 Å². The Kier molecular flexibility index (Phi) is 7.26. The Morgan fingerprint density at radius 3 is 1.90 bits per heavy atom. The number of rotatable bonds is 5. The van der Waals surface area contributed by atoms with Crippen LogP contribution in [-0.2, 0) is 19.6 Å². The molecule has 2 aromatic carbocycles. The summed E-state index contributed by atoms with van der Waals surface area (Å²) in [5, 5.41) is 0. The molecule has 7 nitrogen and oxygen atoms in total. The van der Waals surface area contributed by atoms with E-state index in [4.69, 9.17) is 14.0 Å². The van der Waals surface area contributed by atoms with Gasteiger partial charge in [0.25, 0.3) is 0 Å². The van der Waals surface area contributed by atoms with Crippen molar-refractivity contribution in [2.45, 2.75) is 49.0 Å². The third-order valence-corrected chi connectivity index (χ3v) is 10.2. The molecule has 15 heteroatoms. The van der Waals surface area contributed by atoms with Gasteiger partial charge < -0.3 is 9.47 Å². The molecule has 0 saturated heterocycles. The summed E-state index contributed by atoms with van der Waals surface area (Å²) in [4.78, 5) is 24.4. The van der Waals surface area contributed by atoms with E-state index in [1.165, 1.54) is 0 Å². The molecule has 0 radical (unpaired) electrons. The first-order chi connectivity index (χ1) is 18.1. The number of hydrogen-bond donors (Lipinski definition) is 1. The van der Waals surface area contributed by atoms with Crippen LogP contribution in [0.15, 0.2) is 30.4 Å². The van der Waals surface area contributed by atoms with Crippen molar-refractivity contribution < 1.29 is 49.6 Å². The quantitative estimate of drug-likeness (QED) is 0.116. The van der Waals surface area contributed by atoms with E-state index in [9.17, 15) is 35.6 Å². The standard InChI is InChI=1S/C24H17Br3F4O7S/c25-11-2-12(26)14(13(27)3-11)21(32)38-24-6-9-1-10(7-24)5-23(4-9,8-24)22(33)37-19-15(28)17(30)20(39(34,35)36)18(31)16(19)29/h2-3,9-10H,1,4-8H2,(H,34,35,36). The Morgan fingerprint density at radius 1 is 0.897 bits per heavy atom. The summed E-state index contributed by atoms with van der Waals surface area (Å²) in [5.74, 6) is -13.2. The summed E-state index contributed by atoms with van der Waals surface area (Å²) in [7, 11) is -5.67. The van der Waals surface area contributed by atoms with Crippen molar-refractivity contribution in [3.05, 3.63) is 54.4 Å². The molecule has 0 aromatic heterocycles. The molecule has 4 aliphatic rings. The number of halogens is 7. The second-order valence-electron chi connectivity index (χ2n) is 10.3. The topological polar surface area (TPSA) is 107 Å². The Labute approximate surface area is 244 Å². The van der Waals surface area contributed by atoms with Crippen LogP contribution in [0.3, 0.4) is 0 Å². The zero-order valence-corrected chi connectivity index (χ0v) is 25.1. The third-order valence-electron chi connectivity index (χ3n) is 7.60. The molecule has 6 rings (SSSR count). The van der Waals surface area contributed by atoms with Crippen LogP contribution in [-0.4, -0.2) is 30.5 Å². The summed E-state index contributed by atoms with van der Waals surface area (Å²) >= 11 is 10.0. The summed E-state index contributed by atoms with van der Waals surface area (Å²) in [5.41, 5.74) is -2.24. The minimum absolute atomic E-state index is 0.0410. The van der Waals surface area contributed by atoms with Gasteiger partial charge in [0.15, 0.2) is 16.5 Å². The second-order valence-corrected chi connectivity index (χ2v) is 14.3. The molecule has 4 aliphatic carbocycles. The highest BCUT2D eigenvalue weighted by molar-refractivity contribution is 9.11. The van der Waals surface area contributed by atoms with Crippen LogP contribution < -0.4 is 4.74 Å². The lowest BCUT2D eigenvalue weighted by molar-refractivity contribution is -0.190. The molecule has 0 spiro atoms. The van der Waals surface area contributed by atoms with Crippen LogP contribution in [0.25, 0.3) is 0 Å². The van der Waals surface area contributed by atoms with Gasteiger partial charge in [-0.2, -0.15) is 17.2 Å². The largest absolute Gasteiger partial charge is 0.455 e. The third kappa shape index (κ3) is 4.95. The van der Waals surface area contributed by atoms with Crippen LogP contribution in [0.5, 0.6) is 5.75 Å². The van der Waals surface area contributed by atoms with Gasteiger partial charge in [-0.3, -0.25) is 9.35 Å². The summed E-state index contributed by atoms with van der Waals surface area (Å²) in [6.45, 7) is 0. The van der Waals surface area contributed by atoms with Gasteiger partial charge in [-0.25, -0.2) is 13.6 Å². The summed E-state index contributed by atoms with van der Waals surface area (Å²) in [6, 6.07) is 3.32. The first-order valence-corrected chi connectivity index (χ1v) is 15.3. The monoisotopic (exact) mass is 762 g/mol. The summed E-state index contributed by atoms with van der Waals surface area (Å²) < 4.78 is 102. The maximum atomic E-state index is 14.6. The first kappa shape index (κ1) is 29.0. The second kappa shape index (κ2) is 9.78. The zero-order valence-electron chi connectivity index (χ0n) is 19.5. The van der Waals surface area contributed by atoms with Gasteiger partial charge in [-0.05, 0) is 87.9 Å². The van der Waals surface area contributed by atoms with Crippen LogP contribution in [0, 0.1) is 40.5 Å². The summed E-state index contributed by atoms with van der Waals surface area (Å²) in [6.07, 6.45) is 2.07. The van der Waals surface area contributed by atoms with Gasteiger partial charge in [0.1, 0.15) is 5.60 Å². The van der Waals surface area contributed by atoms with Crippen molar-refractivity contribution in [1.29, 1.82) is 0 Å². The molecule has 2 unspecified atom stereocenters. The molecule has 2 atom stereocenters. The fraction of sp³-hybridized carbons (Fsp3) is 0.417. The van der Waals surface area contributed by atoms with Crippen molar-refractivity contribution in [2.24, 2.45) is 17.3 Å². The molecule has 39 heavy (non-hydrogen) atoms. The van der Waals surface area contributed by atoms with E-state index in [2.05, 4.69) is 47.8 Å². The Hall–Kier alpha value is -1.55. The Bertz CT molecular complexity index is 1480. The van der Waals surface area contributed by atoms with E-state index in [1.54, 1.807) is 12.1 Å². The highest BCUT2D eigenvalue weighted by Gasteiger charge is 2.63. The fourth-order valence-corrected chi connectivity index (χ4v) is 9.84. The van der Waals surface area contributed by atoms with Gasteiger partial charge in [0.05, 0.1) is 11.0 Å². The molecule has 0 amide bonds. The van der Waals surface area contributed by atoms with Crippen molar-refractivity contribution in [3.8, 4) is 5.75 Å². The Morgan fingerprint density at radius 2 is 1.41 bits per heavy atom. The van der Waals surface area contributed by atoms with Crippen LogP contribution in [0.2, 0.25) is 0 Å². The molecule has 4 bridgehead atoms. The Balaban J connectivity index is 1.46. The number of carbonyl (C=O) groups is 2. The number of carbonyl (C=O) groups excluding carboxylic acids is 2. The average Bonchev–Trinajstić information content (AvgIpc) is 2.77. The van der Waals surface area contributed by atoms with E-state index >= 15 is 0 Å². The SMILES string of the molecule is O=C(OC12CC3CC(C1)CC(C(=O)Oc1c(F)c(F)c(S(=O)(=O)O)c(F)c1F)(C3)C2)c1c(Br)cc(Br)cc1Br. The fourth-order valence-electron chi connectivity index (χ4n) is 6.63. The number of ether oxygens (including phenoxy) is 2. The smallest absolute Gasteiger partial charge is 0.340 e. The van der Waals surface area contributed by atoms with E-state index in [1.807, 2.05) is 0 Å². The zero-order chi connectivity index (χ0) is 28.7. The van der Waals surface area contributed by atoms with Crippen molar-refractivity contribution >= 4 is 69.8 Å². The van der Waals surface area contributed by atoms with E-state index in [-0.39, 0.29) is 36.7 Å². The average molecular weight is 765 g/mol. The normalized spacial score (nSPS) is 27.5. The minimum atomic E-state index is -5.67. The lowest BCUT2D eigenvalue weighted by Crippen LogP contribution is -2.60. The van der Waals surface area contributed by atoms with Gasteiger partial charge in [0.2, 0.25) is 17.4 Å². The van der Waals surface area contributed by atoms with E-state index < -0.39 is 67.0 Å². The molecule has 0 aliphatic heterocycles. The molecule has 4 saturated carbocycles. The number of hydrogen-bond acceptors (Lipinski definition) is 6. The highest BCUT2D eigenvalue weighted by Crippen LogP contribution is 2.63. The van der Waals surface area contributed by atoms with Gasteiger partial charge >= 0.3 is 22.1 Å². The maximum absolute atomic E-state index is 14.6. The predicted octanol–water partition coefficient (Wildman–Crippen LogP) is 6.88. The van der Waals surface area contributed by atoms with Gasteiger partial charge in [-0.1, -0.05) is 15.9 Å². The molecule has 0 heterocycles. The van der Waals surface area contributed by atoms with Crippen LogP contribution in [0.4, 0.5) is 17.6 Å². The van der Waals surface area contributed by atoms with Crippen LogP contribution >= 0.6 is 47.8 Å². The highest BCUT2D eigenvalue weighted by atomic mass is 79.9. The number of benzene rings is 2. The number of esters is 2. The van der Waals surface area contributed by atoms with E-state index in [0.29, 0.717) is 26.3 Å². The maximum Gasteiger partial charge on any atom is 0.340 e. The molecular weight excluding hydrogens is 748 g/mol. The lowest BCUT2D eigenvalue weighted by atomic mass is 9.48. The van der Waals surface area contributed by atoms with E-state index in [0.717, 1.165) is 6.42 Å². The van der Waals surface area contributed by atoms with Crippen LogP contribution in [0.1, 0.15) is 48.9 Å². The van der Waals surface area contributed by atoms with Gasteiger partial charge in [0, 0.05) is 19.8 Å². The molecule has 1 N–H and O–H groups in total. The molecular formula is C24H17Br3F4O7S. The van der Waals surface area contributed by atoms with Crippen molar-refractivity contribution in [1.82, 2.24) is 0 Å². The molecule has 210 valence electrons. The van der Waals surface area contributed by atoms with Gasteiger partial charge in [-0.15, -0.1) is 0 Å². The minimum Gasteiger partial charge on any atom is -0.455 e. The first-order valence-electron chi connectivity index (χ1n) is 11.5. The van der Waals surface area contributed by atoms with Crippen molar-refractivity contribution in [2.75, 3.05) is 0 Å². The predicted molar refractivity (Wildman–Crippen MR) is 137 cm³/mol. The molecule has 4 fully saturated rings.